The van der Waals surface area contributed by atoms with Gasteiger partial charge >= 0.3 is 0 Å². The molecule has 3 nitrogen and oxygen atoms in total. The molecule has 0 bridgehead atoms. The number of carbonyl (C=O) groups is 1. The Morgan fingerprint density at radius 2 is 1.74 bits per heavy atom. The van der Waals surface area contributed by atoms with E-state index in [1.54, 1.807) is 0 Å². The molecule has 2 rings (SSSR count). The van der Waals surface area contributed by atoms with Crippen molar-refractivity contribution in [2.75, 3.05) is 0 Å². The van der Waals surface area contributed by atoms with Crippen LogP contribution in [0.3, 0.4) is 0 Å². The van der Waals surface area contributed by atoms with Gasteiger partial charge in [0.15, 0.2) is 0 Å². The number of nitrogens with one attached hydrogen (secondary N) is 1. The zero-order valence-electron chi connectivity index (χ0n) is 14.9. The summed E-state index contributed by atoms with van der Waals surface area (Å²) in [6.45, 7) is 12.6. The minimum Gasteiger partial charge on any atom is -0.346 e. The third-order valence-corrected chi connectivity index (χ3v) is 4.65. The third-order valence-electron chi connectivity index (χ3n) is 3.45. The molecule has 0 radical (unpaired) electrons. The van der Waals surface area contributed by atoms with E-state index in [0.717, 1.165) is 22.7 Å². The summed E-state index contributed by atoms with van der Waals surface area (Å²) in [5, 5.41) is 4.06. The van der Waals surface area contributed by atoms with E-state index in [2.05, 4.69) is 44.9 Å². The SMILES string of the molecule is Cc1nc(-c2ccccc2)sc1C(=O)NC(C)(C)CC(C)(C)C. The lowest BCUT2D eigenvalue weighted by Gasteiger charge is -2.33. The molecule has 0 saturated heterocycles. The molecule has 0 aliphatic rings. The first-order valence-corrected chi connectivity index (χ1v) is 8.74. The quantitative estimate of drug-likeness (QED) is 0.851. The number of amides is 1. The highest BCUT2D eigenvalue weighted by molar-refractivity contribution is 7.17. The van der Waals surface area contributed by atoms with Gasteiger partial charge in [-0.15, -0.1) is 11.3 Å². The summed E-state index contributed by atoms with van der Waals surface area (Å²) < 4.78 is 0. The summed E-state index contributed by atoms with van der Waals surface area (Å²) in [4.78, 5) is 17.9. The van der Waals surface area contributed by atoms with E-state index < -0.39 is 0 Å². The molecule has 23 heavy (non-hydrogen) atoms. The second-order valence-electron chi connectivity index (χ2n) is 7.88. The maximum absolute atomic E-state index is 12.7. The number of hydrogen-bond donors (Lipinski definition) is 1. The first-order valence-electron chi connectivity index (χ1n) is 7.93. The van der Waals surface area contributed by atoms with Crippen molar-refractivity contribution in [3.05, 3.63) is 40.9 Å². The van der Waals surface area contributed by atoms with Crippen LogP contribution in [0.15, 0.2) is 30.3 Å². The van der Waals surface area contributed by atoms with E-state index in [1.165, 1.54) is 11.3 Å². The van der Waals surface area contributed by atoms with Gasteiger partial charge in [0, 0.05) is 11.1 Å². The van der Waals surface area contributed by atoms with Crippen molar-refractivity contribution in [3.8, 4) is 10.6 Å². The largest absolute Gasteiger partial charge is 0.346 e. The van der Waals surface area contributed by atoms with Crippen LogP contribution in [0.25, 0.3) is 10.6 Å². The lowest BCUT2D eigenvalue weighted by molar-refractivity contribution is 0.0895. The molecule has 1 heterocycles. The Morgan fingerprint density at radius 3 is 2.30 bits per heavy atom. The minimum absolute atomic E-state index is 0.0311. The standard InChI is InChI=1S/C19H26N2OS/c1-13-15(16(22)21-19(5,6)12-18(2,3)4)23-17(20-13)14-10-8-7-9-11-14/h7-11H,12H2,1-6H3,(H,21,22). The van der Waals surface area contributed by atoms with E-state index in [9.17, 15) is 4.79 Å². The second kappa shape index (κ2) is 6.44. The first kappa shape index (κ1) is 17.7. The van der Waals surface area contributed by atoms with Crippen LogP contribution in [-0.2, 0) is 0 Å². The number of rotatable bonds is 4. The minimum atomic E-state index is -0.251. The first-order chi connectivity index (χ1) is 10.6. The summed E-state index contributed by atoms with van der Waals surface area (Å²) in [5.41, 5.74) is 1.75. The predicted octanol–water partition coefficient (Wildman–Crippen LogP) is 5.06. The molecule has 0 aliphatic carbocycles. The van der Waals surface area contributed by atoms with Crippen LogP contribution in [0.4, 0.5) is 0 Å². The van der Waals surface area contributed by atoms with Crippen molar-refractivity contribution >= 4 is 17.2 Å². The lowest BCUT2D eigenvalue weighted by atomic mass is 9.82. The van der Waals surface area contributed by atoms with Crippen LogP contribution in [0.5, 0.6) is 0 Å². The average molecular weight is 330 g/mol. The van der Waals surface area contributed by atoms with Gasteiger partial charge < -0.3 is 5.32 Å². The number of hydrogen-bond acceptors (Lipinski definition) is 3. The zero-order valence-corrected chi connectivity index (χ0v) is 15.7. The Labute approximate surface area is 143 Å². The molecular formula is C19H26N2OS. The van der Waals surface area contributed by atoms with Gasteiger partial charge in [-0.05, 0) is 32.6 Å². The molecule has 124 valence electrons. The van der Waals surface area contributed by atoms with E-state index >= 15 is 0 Å². The Kier molecular flexibility index (Phi) is 4.95. The van der Waals surface area contributed by atoms with Gasteiger partial charge in [0.2, 0.25) is 0 Å². The van der Waals surface area contributed by atoms with Crippen molar-refractivity contribution in [1.29, 1.82) is 0 Å². The van der Waals surface area contributed by atoms with Crippen molar-refractivity contribution in [2.24, 2.45) is 5.41 Å². The van der Waals surface area contributed by atoms with Crippen LogP contribution >= 0.6 is 11.3 Å². The molecule has 0 fully saturated rings. The highest BCUT2D eigenvalue weighted by Crippen LogP contribution is 2.30. The summed E-state index contributed by atoms with van der Waals surface area (Å²) in [6.07, 6.45) is 0.912. The van der Waals surface area contributed by atoms with Crippen LogP contribution < -0.4 is 5.32 Å². The molecule has 4 heteroatoms. The van der Waals surface area contributed by atoms with Gasteiger partial charge in [-0.1, -0.05) is 51.1 Å². The van der Waals surface area contributed by atoms with Gasteiger partial charge in [0.1, 0.15) is 9.88 Å². The molecule has 1 N–H and O–H groups in total. The zero-order chi connectivity index (χ0) is 17.3. The summed E-state index contributed by atoms with van der Waals surface area (Å²) in [7, 11) is 0. The smallest absolute Gasteiger partial charge is 0.263 e. The van der Waals surface area contributed by atoms with E-state index in [-0.39, 0.29) is 16.9 Å². The average Bonchev–Trinajstić information content (AvgIpc) is 2.78. The fourth-order valence-corrected chi connectivity index (χ4v) is 4.01. The molecule has 1 aromatic carbocycles. The molecule has 0 atom stereocenters. The maximum Gasteiger partial charge on any atom is 0.263 e. The van der Waals surface area contributed by atoms with E-state index in [0.29, 0.717) is 4.88 Å². The van der Waals surface area contributed by atoms with Crippen molar-refractivity contribution < 1.29 is 4.79 Å². The maximum atomic E-state index is 12.7. The Morgan fingerprint density at radius 1 is 1.13 bits per heavy atom. The van der Waals surface area contributed by atoms with Gasteiger partial charge in [0.25, 0.3) is 5.91 Å². The number of aryl methyl sites for hydroxylation is 1. The number of aromatic nitrogens is 1. The molecule has 0 saturated carbocycles. The van der Waals surface area contributed by atoms with Crippen LogP contribution in [0.2, 0.25) is 0 Å². The van der Waals surface area contributed by atoms with Crippen LogP contribution in [-0.4, -0.2) is 16.4 Å². The lowest BCUT2D eigenvalue weighted by Crippen LogP contribution is -2.45. The van der Waals surface area contributed by atoms with Crippen molar-refractivity contribution in [2.45, 2.75) is 53.5 Å². The Hall–Kier alpha value is -1.68. The van der Waals surface area contributed by atoms with Gasteiger partial charge in [-0.3, -0.25) is 4.79 Å². The molecule has 2 aromatic rings. The number of carbonyl (C=O) groups excluding carboxylic acids is 1. The van der Waals surface area contributed by atoms with Crippen molar-refractivity contribution in [1.82, 2.24) is 10.3 Å². The van der Waals surface area contributed by atoms with Gasteiger partial charge in [-0.25, -0.2) is 4.98 Å². The summed E-state index contributed by atoms with van der Waals surface area (Å²) in [5.74, 6) is -0.0311. The second-order valence-corrected chi connectivity index (χ2v) is 8.87. The highest BCUT2D eigenvalue weighted by atomic mass is 32.1. The Balaban J connectivity index is 2.19. The number of benzene rings is 1. The van der Waals surface area contributed by atoms with Gasteiger partial charge in [-0.2, -0.15) is 0 Å². The van der Waals surface area contributed by atoms with Crippen LogP contribution in [0, 0.1) is 12.3 Å². The van der Waals surface area contributed by atoms with Crippen molar-refractivity contribution in [3.63, 3.8) is 0 Å². The highest BCUT2D eigenvalue weighted by Gasteiger charge is 2.28. The fourth-order valence-electron chi connectivity index (χ4n) is 3.05. The third kappa shape index (κ3) is 4.90. The number of thiazole rings is 1. The Bertz CT molecular complexity index is 681. The molecule has 0 aliphatic heterocycles. The summed E-state index contributed by atoms with van der Waals surface area (Å²) in [6, 6.07) is 9.98. The molecule has 0 spiro atoms. The predicted molar refractivity (Wildman–Crippen MR) is 97.9 cm³/mol. The van der Waals surface area contributed by atoms with Gasteiger partial charge in [0.05, 0.1) is 5.69 Å². The molecule has 1 amide bonds. The van der Waals surface area contributed by atoms with E-state index in [4.69, 9.17) is 0 Å². The van der Waals surface area contributed by atoms with Crippen LogP contribution in [0.1, 0.15) is 56.4 Å². The topological polar surface area (TPSA) is 42.0 Å². The fraction of sp³-hybridized carbons (Fsp3) is 0.474. The van der Waals surface area contributed by atoms with E-state index in [1.807, 2.05) is 37.3 Å². The molecular weight excluding hydrogens is 304 g/mol. The normalized spacial score (nSPS) is 12.3. The molecule has 1 aromatic heterocycles. The number of nitrogens with zero attached hydrogens (tertiary/aromatic N) is 1. The monoisotopic (exact) mass is 330 g/mol. The molecule has 0 unspecified atom stereocenters. The summed E-state index contributed by atoms with van der Waals surface area (Å²) >= 11 is 1.46.